The van der Waals surface area contributed by atoms with Crippen LogP contribution in [0.25, 0.3) is 22.8 Å². The van der Waals surface area contributed by atoms with Gasteiger partial charge in [0.15, 0.2) is 0 Å². The minimum Gasteiger partial charge on any atom is -0.258 e. The SMILES string of the molecule is O=[N+]([O-])c1ccc(-c2nn[nH]n2)c(-c2nn[nH]n2)c1. The fraction of sp³-hybridized carbons (Fsp3) is 0. The van der Waals surface area contributed by atoms with Crippen molar-refractivity contribution in [3.05, 3.63) is 28.3 Å². The highest BCUT2D eigenvalue weighted by Gasteiger charge is 2.18. The molecule has 0 fully saturated rings. The first-order valence-electron chi connectivity index (χ1n) is 5.02. The summed E-state index contributed by atoms with van der Waals surface area (Å²) in [5.41, 5.74) is 0.817. The monoisotopic (exact) mass is 259 g/mol. The number of nitro benzene ring substituents is 1. The fourth-order valence-corrected chi connectivity index (χ4v) is 1.58. The summed E-state index contributed by atoms with van der Waals surface area (Å²) in [5, 5.41) is 37.5. The molecule has 0 aliphatic rings. The fourth-order valence-electron chi connectivity index (χ4n) is 1.58. The molecule has 2 heterocycles. The molecule has 0 aliphatic heterocycles. The van der Waals surface area contributed by atoms with E-state index in [0.717, 1.165) is 0 Å². The van der Waals surface area contributed by atoms with Gasteiger partial charge in [-0.05, 0) is 16.5 Å². The maximum atomic E-state index is 10.8. The Morgan fingerprint density at radius 3 is 2.16 bits per heavy atom. The Morgan fingerprint density at radius 1 is 1.00 bits per heavy atom. The molecule has 94 valence electrons. The zero-order valence-electron chi connectivity index (χ0n) is 9.18. The standard InChI is InChI=1S/C8H5N9O2/c18-17(19)4-1-2-5(7-9-13-14-10-7)6(3-4)8-11-15-16-12-8/h1-3H,(H,9,10,13,14)(H,11,12,15,16). The second kappa shape index (κ2) is 4.21. The van der Waals surface area contributed by atoms with Gasteiger partial charge in [0.1, 0.15) is 0 Å². The molecule has 0 aliphatic carbocycles. The molecule has 0 saturated carbocycles. The van der Waals surface area contributed by atoms with Crippen molar-refractivity contribution >= 4 is 5.69 Å². The molecule has 0 atom stereocenters. The van der Waals surface area contributed by atoms with Crippen molar-refractivity contribution in [3.8, 4) is 22.8 Å². The van der Waals surface area contributed by atoms with Gasteiger partial charge in [0.2, 0.25) is 11.6 Å². The largest absolute Gasteiger partial charge is 0.270 e. The molecule has 0 unspecified atom stereocenters. The van der Waals surface area contributed by atoms with Crippen LogP contribution in [0.3, 0.4) is 0 Å². The van der Waals surface area contributed by atoms with Crippen LogP contribution in [0.1, 0.15) is 0 Å². The van der Waals surface area contributed by atoms with E-state index in [1.807, 2.05) is 0 Å². The minimum atomic E-state index is -0.510. The van der Waals surface area contributed by atoms with E-state index in [-0.39, 0.29) is 17.3 Å². The smallest absolute Gasteiger partial charge is 0.258 e. The zero-order valence-corrected chi connectivity index (χ0v) is 9.18. The lowest BCUT2D eigenvalue weighted by molar-refractivity contribution is -0.384. The molecule has 11 heteroatoms. The second-order valence-corrected chi connectivity index (χ2v) is 3.46. The van der Waals surface area contributed by atoms with Crippen LogP contribution in [0.2, 0.25) is 0 Å². The number of nitro groups is 1. The lowest BCUT2D eigenvalue weighted by Crippen LogP contribution is -1.93. The van der Waals surface area contributed by atoms with E-state index in [2.05, 4.69) is 41.2 Å². The number of aromatic amines is 2. The third kappa shape index (κ3) is 1.88. The number of hydrogen-bond donors (Lipinski definition) is 2. The molecule has 0 spiro atoms. The molecule has 3 aromatic rings. The maximum absolute atomic E-state index is 10.8. The van der Waals surface area contributed by atoms with E-state index in [9.17, 15) is 10.1 Å². The van der Waals surface area contributed by atoms with Crippen molar-refractivity contribution in [1.82, 2.24) is 41.2 Å². The summed E-state index contributed by atoms with van der Waals surface area (Å²) in [7, 11) is 0. The molecule has 1 aromatic carbocycles. The van der Waals surface area contributed by atoms with E-state index in [4.69, 9.17) is 0 Å². The summed E-state index contributed by atoms with van der Waals surface area (Å²) >= 11 is 0. The van der Waals surface area contributed by atoms with Crippen LogP contribution in [0.5, 0.6) is 0 Å². The predicted octanol–water partition coefficient (Wildman–Crippen LogP) is -0.0450. The highest BCUT2D eigenvalue weighted by Crippen LogP contribution is 2.30. The number of hydrogen-bond acceptors (Lipinski definition) is 8. The van der Waals surface area contributed by atoms with Crippen molar-refractivity contribution in [2.45, 2.75) is 0 Å². The van der Waals surface area contributed by atoms with Crippen LogP contribution in [0.15, 0.2) is 18.2 Å². The number of rotatable bonds is 3. The van der Waals surface area contributed by atoms with E-state index in [0.29, 0.717) is 11.1 Å². The molecular formula is C8H5N9O2. The number of nitrogens with one attached hydrogen (secondary N) is 2. The summed E-state index contributed by atoms with van der Waals surface area (Å²) in [6.07, 6.45) is 0. The van der Waals surface area contributed by atoms with Crippen LogP contribution >= 0.6 is 0 Å². The predicted molar refractivity (Wildman–Crippen MR) is 59.4 cm³/mol. The molecule has 3 rings (SSSR count). The van der Waals surface area contributed by atoms with Crippen LogP contribution in [0.4, 0.5) is 5.69 Å². The normalized spacial score (nSPS) is 10.5. The molecule has 0 amide bonds. The lowest BCUT2D eigenvalue weighted by Gasteiger charge is -2.01. The topological polar surface area (TPSA) is 152 Å². The van der Waals surface area contributed by atoms with Gasteiger partial charge in [-0.15, -0.1) is 20.4 Å². The summed E-state index contributed by atoms with van der Waals surface area (Å²) in [6, 6.07) is 4.18. The van der Waals surface area contributed by atoms with Crippen molar-refractivity contribution < 1.29 is 4.92 Å². The minimum absolute atomic E-state index is 0.0907. The third-order valence-corrected chi connectivity index (χ3v) is 2.39. The Labute approximate surface area is 104 Å². The molecule has 0 bridgehead atoms. The van der Waals surface area contributed by atoms with Gasteiger partial charge in [-0.2, -0.15) is 10.4 Å². The number of non-ortho nitro benzene ring substituents is 1. The Morgan fingerprint density at radius 2 is 1.63 bits per heavy atom. The van der Waals surface area contributed by atoms with E-state index in [1.54, 1.807) is 0 Å². The number of benzene rings is 1. The first-order chi connectivity index (χ1) is 9.25. The number of aromatic nitrogens is 8. The van der Waals surface area contributed by atoms with Gasteiger partial charge in [0, 0.05) is 23.3 Å². The van der Waals surface area contributed by atoms with Gasteiger partial charge in [0.25, 0.3) is 5.69 Å². The number of tetrazole rings is 2. The van der Waals surface area contributed by atoms with E-state index < -0.39 is 4.92 Å². The molecular weight excluding hydrogens is 254 g/mol. The number of H-pyrrole nitrogens is 2. The van der Waals surface area contributed by atoms with Gasteiger partial charge < -0.3 is 0 Å². The second-order valence-electron chi connectivity index (χ2n) is 3.46. The Balaban J connectivity index is 2.22. The third-order valence-electron chi connectivity index (χ3n) is 2.39. The molecule has 2 aromatic heterocycles. The van der Waals surface area contributed by atoms with Crippen LogP contribution in [-0.4, -0.2) is 46.2 Å². The lowest BCUT2D eigenvalue weighted by atomic mass is 10.1. The molecule has 11 nitrogen and oxygen atoms in total. The Hall–Kier alpha value is -3.24. The van der Waals surface area contributed by atoms with Gasteiger partial charge in [0.05, 0.1) is 4.92 Å². The Bertz CT molecular complexity index is 706. The van der Waals surface area contributed by atoms with Crippen LogP contribution < -0.4 is 0 Å². The molecule has 0 radical (unpaired) electrons. The molecule has 19 heavy (non-hydrogen) atoms. The average molecular weight is 259 g/mol. The van der Waals surface area contributed by atoms with Crippen molar-refractivity contribution in [2.24, 2.45) is 0 Å². The summed E-state index contributed by atoms with van der Waals surface area (Å²) in [6.45, 7) is 0. The molecule has 2 N–H and O–H groups in total. The van der Waals surface area contributed by atoms with Crippen molar-refractivity contribution in [3.63, 3.8) is 0 Å². The van der Waals surface area contributed by atoms with E-state index in [1.165, 1.54) is 18.2 Å². The van der Waals surface area contributed by atoms with Crippen molar-refractivity contribution in [1.29, 1.82) is 0 Å². The summed E-state index contributed by atoms with van der Waals surface area (Å²) < 4.78 is 0. The van der Waals surface area contributed by atoms with Gasteiger partial charge in [-0.25, -0.2) is 0 Å². The van der Waals surface area contributed by atoms with Gasteiger partial charge in [-0.3, -0.25) is 10.1 Å². The van der Waals surface area contributed by atoms with Crippen LogP contribution in [-0.2, 0) is 0 Å². The number of nitrogens with zero attached hydrogens (tertiary/aromatic N) is 7. The Kier molecular flexibility index (Phi) is 2.41. The van der Waals surface area contributed by atoms with Crippen molar-refractivity contribution in [2.75, 3.05) is 0 Å². The summed E-state index contributed by atoms with van der Waals surface area (Å²) in [4.78, 5) is 10.3. The van der Waals surface area contributed by atoms with Crippen LogP contribution in [0, 0.1) is 10.1 Å². The maximum Gasteiger partial charge on any atom is 0.270 e. The summed E-state index contributed by atoms with van der Waals surface area (Å²) in [5.74, 6) is 0.498. The first kappa shape index (κ1) is 10.9. The van der Waals surface area contributed by atoms with Gasteiger partial charge in [-0.1, -0.05) is 0 Å². The first-order valence-corrected chi connectivity index (χ1v) is 5.02. The zero-order chi connectivity index (χ0) is 13.2. The highest BCUT2D eigenvalue weighted by molar-refractivity contribution is 5.78. The van der Waals surface area contributed by atoms with E-state index >= 15 is 0 Å². The van der Waals surface area contributed by atoms with Gasteiger partial charge >= 0.3 is 0 Å². The quantitative estimate of drug-likeness (QED) is 0.490. The molecule has 0 saturated heterocycles. The average Bonchev–Trinajstić information content (AvgIpc) is 3.11. The highest BCUT2D eigenvalue weighted by atomic mass is 16.6.